The number of carbonyl (C=O) groups is 1. The van der Waals surface area contributed by atoms with Crippen molar-refractivity contribution in [2.75, 3.05) is 6.54 Å². The Balaban J connectivity index is 2.88. The molecular formula is C9H7ClF3N3O4. The van der Waals surface area contributed by atoms with Gasteiger partial charge in [0.1, 0.15) is 16.9 Å². The molecule has 1 heterocycles. The molecule has 0 saturated heterocycles. The van der Waals surface area contributed by atoms with Gasteiger partial charge in [-0.2, -0.15) is 13.2 Å². The smallest absolute Gasteiger partial charge is 0.382 e. The molecule has 0 aliphatic rings. The van der Waals surface area contributed by atoms with Gasteiger partial charge >= 0.3 is 6.18 Å². The number of halogens is 4. The second-order valence-electron chi connectivity index (χ2n) is 3.55. The Labute approximate surface area is 114 Å². The molecule has 11 heteroatoms. The summed E-state index contributed by atoms with van der Waals surface area (Å²) in [5, 5.41) is 20.8. The van der Waals surface area contributed by atoms with E-state index in [1.807, 2.05) is 0 Å². The molecule has 110 valence electrons. The summed E-state index contributed by atoms with van der Waals surface area (Å²) in [6.45, 7) is -1.14. The summed E-state index contributed by atoms with van der Waals surface area (Å²) in [5.41, 5.74) is -1.27. The second-order valence-corrected chi connectivity index (χ2v) is 3.94. The van der Waals surface area contributed by atoms with Gasteiger partial charge in [0.05, 0.1) is 11.5 Å². The fourth-order valence-corrected chi connectivity index (χ4v) is 1.31. The first kappa shape index (κ1) is 16.1. The molecule has 0 bridgehead atoms. The zero-order valence-electron chi connectivity index (χ0n) is 9.52. The number of amides is 1. The van der Waals surface area contributed by atoms with E-state index in [4.69, 9.17) is 16.7 Å². The van der Waals surface area contributed by atoms with E-state index in [0.717, 1.165) is 6.07 Å². The monoisotopic (exact) mass is 313 g/mol. The van der Waals surface area contributed by atoms with Crippen LogP contribution in [-0.4, -0.2) is 39.7 Å². The van der Waals surface area contributed by atoms with E-state index < -0.39 is 40.9 Å². The van der Waals surface area contributed by atoms with Gasteiger partial charge < -0.3 is 10.4 Å². The maximum Gasteiger partial charge on any atom is 0.416 e. The van der Waals surface area contributed by atoms with Crippen molar-refractivity contribution in [1.82, 2.24) is 10.3 Å². The highest BCUT2D eigenvalue weighted by Crippen LogP contribution is 2.21. The summed E-state index contributed by atoms with van der Waals surface area (Å²) in [7, 11) is 0. The van der Waals surface area contributed by atoms with E-state index in [2.05, 4.69) is 4.98 Å². The van der Waals surface area contributed by atoms with E-state index in [1.54, 1.807) is 5.32 Å². The largest absolute Gasteiger partial charge is 0.416 e. The number of carbonyl (C=O) groups excluding carboxylic acids is 1. The Kier molecular flexibility index (Phi) is 4.84. The summed E-state index contributed by atoms with van der Waals surface area (Å²) in [5.74, 6) is -1.18. The second kappa shape index (κ2) is 6.01. The fraction of sp³-hybridized carbons (Fsp3) is 0.333. The van der Waals surface area contributed by atoms with Crippen LogP contribution in [0.5, 0.6) is 0 Å². The van der Waals surface area contributed by atoms with Crippen molar-refractivity contribution in [1.29, 1.82) is 0 Å². The Morgan fingerprint density at radius 3 is 2.70 bits per heavy atom. The number of nitrogens with one attached hydrogen (secondary N) is 1. The van der Waals surface area contributed by atoms with Gasteiger partial charge in [-0.25, -0.2) is 4.98 Å². The van der Waals surface area contributed by atoms with E-state index in [9.17, 15) is 28.1 Å². The van der Waals surface area contributed by atoms with Gasteiger partial charge in [-0.05, 0) is 6.07 Å². The van der Waals surface area contributed by atoms with Crippen LogP contribution >= 0.6 is 11.6 Å². The molecule has 2 N–H and O–H groups in total. The number of hydrogen-bond donors (Lipinski definition) is 2. The maximum absolute atomic E-state index is 12.0. The molecule has 7 nitrogen and oxygen atoms in total. The third kappa shape index (κ3) is 4.03. The molecule has 0 fully saturated rings. The predicted molar refractivity (Wildman–Crippen MR) is 60.3 cm³/mol. The van der Waals surface area contributed by atoms with Crippen molar-refractivity contribution < 1.29 is 28.0 Å². The standard InChI is InChI=1S/C9H7ClF3N3O4/c10-7-1-4(5(2-14-7)16(19)20)8(18)15-3-6(17)9(11,12)13/h1-2,6,17H,3H2,(H,15,18). The van der Waals surface area contributed by atoms with Crippen molar-refractivity contribution in [3.63, 3.8) is 0 Å². The number of nitrogens with zero attached hydrogens (tertiary/aromatic N) is 2. The van der Waals surface area contributed by atoms with Crippen molar-refractivity contribution in [3.05, 3.63) is 33.1 Å². The zero-order chi connectivity index (χ0) is 15.5. The predicted octanol–water partition coefficient (Wildman–Crippen LogP) is 1.30. The molecule has 20 heavy (non-hydrogen) atoms. The number of aliphatic hydroxyl groups excluding tert-OH is 1. The highest BCUT2D eigenvalue weighted by atomic mass is 35.5. The first-order valence-corrected chi connectivity index (χ1v) is 5.33. The van der Waals surface area contributed by atoms with Gasteiger partial charge in [-0.3, -0.25) is 14.9 Å². The highest BCUT2D eigenvalue weighted by molar-refractivity contribution is 6.29. The van der Waals surface area contributed by atoms with Gasteiger partial charge in [-0.15, -0.1) is 0 Å². The van der Waals surface area contributed by atoms with Crippen molar-refractivity contribution in [2.24, 2.45) is 0 Å². The van der Waals surface area contributed by atoms with E-state index in [1.165, 1.54) is 0 Å². The number of hydrogen-bond acceptors (Lipinski definition) is 5. The zero-order valence-corrected chi connectivity index (χ0v) is 10.3. The molecule has 0 aromatic carbocycles. The number of nitro groups is 1. The van der Waals surface area contributed by atoms with Crippen LogP contribution in [0.3, 0.4) is 0 Å². The SMILES string of the molecule is O=C(NCC(O)C(F)(F)F)c1cc(Cl)ncc1[N+](=O)[O-]. The van der Waals surface area contributed by atoms with E-state index >= 15 is 0 Å². The fourth-order valence-electron chi connectivity index (χ4n) is 1.15. The average molecular weight is 314 g/mol. The number of alkyl halides is 3. The van der Waals surface area contributed by atoms with Crippen LogP contribution < -0.4 is 5.32 Å². The van der Waals surface area contributed by atoms with Gasteiger partial charge in [0.2, 0.25) is 0 Å². The molecule has 0 spiro atoms. The highest BCUT2D eigenvalue weighted by Gasteiger charge is 2.38. The lowest BCUT2D eigenvalue weighted by atomic mass is 10.2. The lowest BCUT2D eigenvalue weighted by Crippen LogP contribution is -2.40. The molecule has 0 radical (unpaired) electrons. The first-order valence-electron chi connectivity index (χ1n) is 4.96. The molecule has 1 aromatic heterocycles. The van der Waals surface area contributed by atoms with Crippen LogP contribution in [0.25, 0.3) is 0 Å². The molecule has 1 atom stereocenters. The van der Waals surface area contributed by atoms with Gasteiger partial charge in [0.25, 0.3) is 11.6 Å². The van der Waals surface area contributed by atoms with E-state index in [-0.39, 0.29) is 5.15 Å². The maximum atomic E-state index is 12.0. The van der Waals surface area contributed by atoms with Crippen LogP contribution in [0.4, 0.5) is 18.9 Å². The van der Waals surface area contributed by atoms with E-state index in [0.29, 0.717) is 6.20 Å². The lowest BCUT2D eigenvalue weighted by molar-refractivity contribution is -0.385. The number of aromatic nitrogens is 1. The summed E-state index contributed by atoms with van der Waals surface area (Å²) >= 11 is 5.46. The topological polar surface area (TPSA) is 105 Å². The van der Waals surface area contributed by atoms with Gasteiger partial charge in [0.15, 0.2) is 6.10 Å². The third-order valence-corrected chi connectivity index (χ3v) is 2.33. The van der Waals surface area contributed by atoms with Gasteiger partial charge in [0, 0.05) is 0 Å². The Bertz CT molecular complexity index is 538. The van der Waals surface area contributed by atoms with Crippen LogP contribution in [0, 0.1) is 10.1 Å². The number of rotatable bonds is 4. The van der Waals surface area contributed by atoms with Crippen molar-refractivity contribution >= 4 is 23.2 Å². The Hall–Kier alpha value is -1.94. The molecular weight excluding hydrogens is 307 g/mol. The number of aliphatic hydroxyl groups is 1. The normalized spacial score (nSPS) is 12.8. The Morgan fingerprint density at radius 2 is 2.20 bits per heavy atom. The van der Waals surface area contributed by atoms with Crippen LogP contribution in [0.1, 0.15) is 10.4 Å². The minimum absolute atomic E-state index is 0.239. The minimum Gasteiger partial charge on any atom is -0.382 e. The molecule has 1 amide bonds. The summed E-state index contributed by atoms with van der Waals surface area (Å²) in [4.78, 5) is 24.7. The molecule has 0 aliphatic heterocycles. The lowest BCUT2D eigenvalue weighted by Gasteiger charge is -2.14. The Morgan fingerprint density at radius 1 is 1.60 bits per heavy atom. The number of pyridine rings is 1. The minimum atomic E-state index is -4.91. The summed E-state index contributed by atoms with van der Waals surface area (Å²) in [6, 6.07) is 0.842. The summed E-state index contributed by atoms with van der Waals surface area (Å²) < 4.78 is 36.1. The molecule has 1 aromatic rings. The quantitative estimate of drug-likeness (QED) is 0.495. The van der Waals surface area contributed by atoms with Crippen molar-refractivity contribution in [3.8, 4) is 0 Å². The third-order valence-electron chi connectivity index (χ3n) is 2.12. The van der Waals surface area contributed by atoms with Gasteiger partial charge in [-0.1, -0.05) is 11.6 Å². The average Bonchev–Trinajstić information content (AvgIpc) is 2.33. The van der Waals surface area contributed by atoms with Crippen LogP contribution in [-0.2, 0) is 0 Å². The molecule has 1 unspecified atom stereocenters. The summed E-state index contributed by atoms with van der Waals surface area (Å²) in [6.07, 6.45) is -6.98. The molecule has 1 rings (SSSR count). The van der Waals surface area contributed by atoms with Crippen LogP contribution in [0.15, 0.2) is 12.3 Å². The first-order chi connectivity index (χ1) is 9.12. The van der Waals surface area contributed by atoms with Crippen LogP contribution in [0.2, 0.25) is 5.15 Å². The van der Waals surface area contributed by atoms with Crippen molar-refractivity contribution in [2.45, 2.75) is 12.3 Å². The molecule has 0 saturated carbocycles. The molecule has 0 aliphatic carbocycles.